The standard InChI is InChI=1S/C20H22O3/c1-20(2)22-15-19(23-20)13-10-16-8-11-18(12-9-16)21-14-17-6-4-3-5-7-17/h3-13,19H,14-15H2,1-2H3/b13-10-/t19-/m0/s1. The molecule has 120 valence electrons. The van der Waals surface area contributed by atoms with Gasteiger partial charge in [-0.15, -0.1) is 0 Å². The zero-order chi connectivity index (χ0) is 16.1. The smallest absolute Gasteiger partial charge is 0.163 e. The molecule has 0 aliphatic carbocycles. The maximum Gasteiger partial charge on any atom is 0.163 e. The summed E-state index contributed by atoms with van der Waals surface area (Å²) in [6.45, 7) is 5.04. The van der Waals surface area contributed by atoms with Crippen molar-refractivity contribution in [3.05, 3.63) is 71.8 Å². The van der Waals surface area contributed by atoms with Gasteiger partial charge in [0.1, 0.15) is 18.5 Å². The summed E-state index contributed by atoms with van der Waals surface area (Å²) >= 11 is 0. The van der Waals surface area contributed by atoms with Gasteiger partial charge in [-0.2, -0.15) is 0 Å². The Balaban J connectivity index is 1.53. The fourth-order valence-electron chi connectivity index (χ4n) is 2.44. The summed E-state index contributed by atoms with van der Waals surface area (Å²) in [6.07, 6.45) is 4.10. The van der Waals surface area contributed by atoms with E-state index >= 15 is 0 Å². The molecular weight excluding hydrogens is 288 g/mol. The van der Waals surface area contributed by atoms with Crippen LogP contribution in [0.15, 0.2) is 60.7 Å². The molecule has 1 heterocycles. The monoisotopic (exact) mass is 310 g/mol. The lowest BCUT2D eigenvalue weighted by atomic mass is 10.2. The van der Waals surface area contributed by atoms with Crippen LogP contribution in [0.4, 0.5) is 0 Å². The molecule has 3 nitrogen and oxygen atoms in total. The highest BCUT2D eigenvalue weighted by atomic mass is 16.7. The Morgan fingerprint density at radius 3 is 2.48 bits per heavy atom. The summed E-state index contributed by atoms with van der Waals surface area (Å²) in [4.78, 5) is 0. The van der Waals surface area contributed by atoms with Crippen molar-refractivity contribution >= 4 is 6.08 Å². The molecule has 23 heavy (non-hydrogen) atoms. The Bertz CT molecular complexity index is 644. The maximum absolute atomic E-state index is 5.78. The van der Waals surface area contributed by atoms with E-state index in [1.807, 2.05) is 62.4 Å². The summed E-state index contributed by atoms with van der Waals surface area (Å²) in [6, 6.07) is 18.2. The van der Waals surface area contributed by atoms with Crippen molar-refractivity contribution in [1.29, 1.82) is 0 Å². The van der Waals surface area contributed by atoms with Crippen molar-refractivity contribution < 1.29 is 14.2 Å². The van der Waals surface area contributed by atoms with Gasteiger partial charge in [-0.05, 0) is 37.1 Å². The highest BCUT2D eigenvalue weighted by Gasteiger charge is 2.30. The predicted molar refractivity (Wildman–Crippen MR) is 91.2 cm³/mol. The lowest BCUT2D eigenvalue weighted by molar-refractivity contribution is -0.133. The lowest BCUT2D eigenvalue weighted by Crippen LogP contribution is -2.20. The first-order chi connectivity index (χ1) is 11.1. The average molecular weight is 310 g/mol. The molecule has 3 heteroatoms. The molecule has 0 saturated carbocycles. The van der Waals surface area contributed by atoms with Crippen LogP contribution in [0.3, 0.4) is 0 Å². The van der Waals surface area contributed by atoms with E-state index in [0.29, 0.717) is 13.2 Å². The molecule has 0 aromatic heterocycles. The first kappa shape index (κ1) is 15.8. The molecule has 2 aromatic carbocycles. The number of hydrogen-bond donors (Lipinski definition) is 0. The molecule has 1 atom stereocenters. The number of ether oxygens (including phenoxy) is 3. The highest BCUT2D eigenvalue weighted by Crippen LogP contribution is 2.23. The lowest BCUT2D eigenvalue weighted by Gasteiger charge is -2.15. The van der Waals surface area contributed by atoms with Gasteiger partial charge in [-0.1, -0.05) is 54.6 Å². The van der Waals surface area contributed by atoms with Crippen LogP contribution in [-0.2, 0) is 16.1 Å². The normalized spacial score (nSPS) is 20.0. The molecule has 0 spiro atoms. The van der Waals surface area contributed by atoms with Gasteiger partial charge < -0.3 is 14.2 Å². The second-order valence-corrected chi connectivity index (χ2v) is 6.07. The van der Waals surface area contributed by atoms with Crippen molar-refractivity contribution in [1.82, 2.24) is 0 Å². The van der Waals surface area contributed by atoms with Crippen LogP contribution in [0.2, 0.25) is 0 Å². The van der Waals surface area contributed by atoms with Gasteiger partial charge in [-0.25, -0.2) is 0 Å². The van der Waals surface area contributed by atoms with Crippen LogP contribution in [0.1, 0.15) is 25.0 Å². The van der Waals surface area contributed by atoms with Crippen LogP contribution < -0.4 is 4.74 Å². The van der Waals surface area contributed by atoms with Crippen LogP contribution in [-0.4, -0.2) is 18.5 Å². The second kappa shape index (κ2) is 6.99. The first-order valence-corrected chi connectivity index (χ1v) is 7.87. The molecular formula is C20H22O3. The molecule has 3 rings (SSSR count). The summed E-state index contributed by atoms with van der Waals surface area (Å²) in [5, 5.41) is 0. The van der Waals surface area contributed by atoms with Crippen molar-refractivity contribution in [3.8, 4) is 5.75 Å². The van der Waals surface area contributed by atoms with E-state index in [0.717, 1.165) is 16.9 Å². The van der Waals surface area contributed by atoms with E-state index in [9.17, 15) is 0 Å². The fraction of sp³-hybridized carbons (Fsp3) is 0.300. The van der Waals surface area contributed by atoms with Gasteiger partial charge in [0, 0.05) is 0 Å². The Morgan fingerprint density at radius 2 is 1.83 bits per heavy atom. The van der Waals surface area contributed by atoms with Gasteiger partial charge in [0.2, 0.25) is 0 Å². The zero-order valence-electron chi connectivity index (χ0n) is 13.6. The molecule has 2 aromatic rings. The van der Waals surface area contributed by atoms with Crippen LogP contribution >= 0.6 is 0 Å². The summed E-state index contributed by atoms with van der Waals surface area (Å²) in [5.74, 6) is 0.386. The van der Waals surface area contributed by atoms with E-state index in [4.69, 9.17) is 14.2 Å². The third kappa shape index (κ3) is 4.68. The van der Waals surface area contributed by atoms with E-state index in [2.05, 4.69) is 18.2 Å². The molecule has 1 aliphatic rings. The molecule has 0 unspecified atom stereocenters. The van der Waals surface area contributed by atoms with Gasteiger partial charge in [-0.3, -0.25) is 0 Å². The van der Waals surface area contributed by atoms with E-state index in [1.165, 1.54) is 0 Å². The number of hydrogen-bond acceptors (Lipinski definition) is 3. The van der Waals surface area contributed by atoms with Gasteiger partial charge >= 0.3 is 0 Å². The van der Waals surface area contributed by atoms with Crippen LogP contribution in [0.25, 0.3) is 6.08 Å². The maximum atomic E-state index is 5.78. The average Bonchev–Trinajstić information content (AvgIpc) is 2.92. The topological polar surface area (TPSA) is 27.7 Å². The fourth-order valence-corrected chi connectivity index (χ4v) is 2.44. The third-order valence-corrected chi connectivity index (χ3v) is 3.66. The number of benzene rings is 2. The Morgan fingerprint density at radius 1 is 1.09 bits per heavy atom. The number of rotatable bonds is 5. The van der Waals surface area contributed by atoms with Crippen LogP contribution in [0.5, 0.6) is 5.75 Å². The SMILES string of the molecule is CC1(C)OC[C@H](/C=C\c2ccc(OCc3ccccc3)cc2)O1. The summed E-state index contributed by atoms with van der Waals surface area (Å²) in [7, 11) is 0. The minimum Gasteiger partial charge on any atom is -0.489 e. The minimum atomic E-state index is -0.482. The molecule has 0 bridgehead atoms. The Labute approximate surface area is 137 Å². The summed E-state index contributed by atoms with van der Waals surface area (Å²) in [5.41, 5.74) is 2.28. The Kier molecular flexibility index (Phi) is 4.79. The van der Waals surface area contributed by atoms with Crippen molar-refractivity contribution in [2.24, 2.45) is 0 Å². The Hall–Kier alpha value is -2.10. The van der Waals surface area contributed by atoms with Gasteiger partial charge in [0.05, 0.1) is 6.61 Å². The predicted octanol–water partition coefficient (Wildman–Crippen LogP) is 4.43. The van der Waals surface area contributed by atoms with Crippen molar-refractivity contribution in [2.75, 3.05) is 6.61 Å². The molecule has 1 saturated heterocycles. The molecule has 1 aliphatic heterocycles. The van der Waals surface area contributed by atoms with Gasteiger partial charge in [0.15, 0.2) is 5.79 Å². The van der Waals surface area contributed by atoms with Crippen molar-refractivity contribution in [3.63, 3.8) is 0 Å². The quantitative estimate of drug-likeness (QED) is 0.817. The summed E-state index contributed by atoms with van der Waals surface area (Å²) < 4.78 is 17.1. The van der Waals surface area contributed by atoms with Crippen LogP contribution in [0, 0.1) is 0 Å². The first-order valence-electron chi connectivity index (χ1n) is 7.87. The van der Waals surface area contributed by atoms with E-state index in [1.54, 1.807) is 0 Å². The minimum absolute atomic E-state index is 0.0130. The third-order valence-electron chi connectivity index (χ3n) is 3.66. The van der Waals surface area contributed by atoms with E-state index < -0.39 is 5.79 Å². The zero-order valence-corrected chi connectivity index (χ0v) is 13.6. The van der Waals surface area contributed by atoms with Crippen molar-refractivity contribution in [2.45, 2.75) is 32.3 Å². The largest absolute Gasteiger partial charge is 0.489 e. The highest BCUT2D eigenvalue weighted by molar-refractivity contribution is 5.51. The molecule has 0 amide bonds. The second-order valence-electron chi connectivity index (χ2n) is 6.07. The molecule has 0 N–H and O–H groups in total. The van der Waals surface area contributed by atoms with Gasteiger partial charge in [0.25, 0.3) is 0 Å². The molecule has 1 fully saturated rings. The molecule has 0 radical (unpaired) electrons. The van der Waals surface area contributed by atoms with E-state index in [-0.39, 0.29) is 6.10 Å².